The van der Waals surface area contributed by atoms with Crippen LogP contribution in [0, 0.1) is 0 Å². The second kappa shape index (κ2) is 10.2. The Balaban J connectivity index is 1.45. The summed E-state index contributed by atoms with van der Waals surface area (Å²) in [6.45, 7) is 0.542. The van der Waals surface area contributed by atoms with E-state index in [1.54, 1.807) is 6.07 Å². The molecule has 1 amide bonds. The van der Waals surface area contributed by atoms with Gasteiger partial charge in [0.05, 0.1) is 6.04 Å². The molecule has 8 nitrogen and oxygen atoms in total. The van der Waals surface area contributed by atoms with Crippen LogP contribution in [0.2, 0.25) is 0 Å². The van der Waals surface area contributed by atoms with Crippen molar-refractivity contribution in [1.82, 2.24) is 25.5 Å². The number of carbonyl (C=O) groups excluding carboxylic acids is 1. The number of amides is 1. The van der Waals surface area contributed by atoms with Crippen LogP contribution in [0.25, 0.3) is 0 Å². The lowest BCUT2D eigenvalue weighted by molar-refractivity contribution is -0.0929. The Hall–Kier alpha value is -2.88. The number of H-pyrrole nitrogens is 1. The van der Waals surface area contributed by atoms with E-state index in [1.807, 2.05) is 0 Å². The molecule has 2 aromatic rings. The van der Waals surface area contributed by atoms with Crippen molar-refractivity contribution in [2.24, 2.45) is 0 Å². The number of aryl methyl sites for hydroxylation is 1. The number of aromatic nitrogens is 4. The third-order valence-electron chi connectivity index (χ3n) is 5.01. The molecule has 3 rings (SSSR count). The lowest BCUT2D eigenvalue weighted by Gasteiger charge is -2.22. The van der Waals surface area contributed by atoms with E-state index in [9.17, 15) is 18.7 Å². The van der Waals surface area contributed by atoms with E-state index in [-0.39, 0.29) is 12.2 Å². The van der Waals surface area contributed by atoms with Gasteiger partial charge in [0.25, 0.3) is 0 Å². The third kappa shape index (κ3) is 5.59. The Labute approximate surface area is 172 Å². The topological polar surface area (TPSA) is 104 Å². The van der Waals surface area contributed by atoms with Gasteiger partial charge in [0.2, 0.25) is 0 Å². The zero-order valence-corrected chi connectivity index (χ0v) is 16.5. The summed E-state index contributed by atoms with van der Waals surface area (Å²) in [5, 5.41) is 23.6. The van der Waals surface area contributed by atoms with Gasteiger partial charge in [-0.15, -0.1) is 5.10 Å². The van der Waals surface area contributed by atoms with Gasteiger partial charge in [0, 0.05) is 18.5 Å². The summed E-state index contributed by atoms with van der Waals surface area (Å²) < 4.78 is 33.8. The molecule has 0 radical (unpaired) electrons. The van der Waals surface area contributed by atoms with Gasteiger partial charge in [0.1, 0.15) is 18.5 Å². The van der Waals surface area contributed by atoms with Crippen molar-refractivity contribution < 1.29 is 23.4 Å². The van der Waals surface area contributed by atoms with Crippen LogP contribution in [-0.4, -0.2) is 62.0 Å². The fourth-order valence-electron chi connectivity index (χ4n) is 3.28. The molecular weight excluding hydrogens is 396 g/mol. The van der Waals surface area contributed by atoms with Crippen molar-refractivity contribution in [2.75, 3.05) is 13.2 Å². The van der Waals surface area contributed by atoms with E-state index < -0.39 is 24.2 Å². The van der Waals surface area contributed by atoms with Crippen molar-refractivity contribution in [3.05, 3.63) is 53.9 Å². The number of hydrogen-bond acceptors (Lipinski definition) is 6. The van der Waals surface area contributed by atoms with Gasteiger partial charge in [0.15, 0.2) is 0 Å². The van der Waals surface area contributed by atoms with E-state index in [4.69, 9.17) is 4.74 Å². The highest BCUT2D eigenvalue weighted by atomic mass is 19.3. The third-order valence-corrected chi connectivity index (χ3v) is 5.01. The molecule has 2 N–H and O–H groups in total. The van der Waals surface area contributed by atoms with Gasteiger partial charge >= 0.3 is 12.0 Å². The molecule has 0 unspecified atom stereocenters. The molecule has 1 aliphatic rings. The highest BCUT2D eigenvalue weighted by molar-refractivity contribution is 5.70. The minimum atomic E-state index is -3.43. The predicted molar refractivity (Wildman–Crippen MR) is 104 cm³/mol. The number of cyclic esters (lactones) is 1. The first kappa shape index (κ1) is 21.8. The number of rotatable bonds is 11. The van der Waals surface area contributed by atoms with Gasteiger partial charge in [-0.25, -0.2) is 9.89 Å². The molecule has 162 valence electrons. The number of ether oxygens (including phenoxy) is 1. The fraction of sp³-hybridized carbons (Fsp3) is 0.500. The predicted octanol–water partition coefficient (Wildman–Crippen LogP) is 2.83. The van der Waals surface area contributed by atoms with Crippen molar-refractivity contribution in [3.8, 4) is 0 Å². The largest absolute Gasteiger partial charge is 0.447 e. The number of tetrazole rings is 1. The van der Waals surface area contributed by atoms with Crippen LogP contribution in [0.1, 0.15) is 37.1 Å². The van der Waals surface area contributed by atoms with Crippen LogP contribution < -0.4 is 0 Å². The number of nitrogens with one attached hydrogen (secondary N) is 1. The van der Waals surface area contributed by atoms with Crippen molar-refractivity contribution in [2.45, 2.75) is 50.2 Å². The first-order chi connectivity index (χ1) is 14.5. The Morgan fingerprint density at radius 3 is 2.77 bits per heavy atom. The van der Waals surface area contributed by atoms with Crippen molar-refractivity contribution in [1.29, 1.82) is 0 Å². The standard InChI is InChI=1S/C20H25F2N5O3/c21-20(22,15-8-4-3-5-9-15)17(28)12-11-16-14-30-19(29)27(16)13-7-2-1-6-10-18-23-25-26-24-18/h3-5,8-9,11-12,16-17,28H,1-2,6-7,10,13-14H2,(H,23,24,25,26)/t16-,17+/m0/s1. The Morgan fingerprint density at radius 1 is 1.27 bits per heavy atom. The van der Waals surface area contributed by atoms with Gasteiger partial charge < -0.3 is 9.84 Å². The summed E-state index contributed by atoms with van der Waals surface area (Å²) in [5.74, 6) is -2.68. The molecule has 2 atom stereocenters. The van der Waals surface area contributed by atoms with Crippen LogP contribution in [0.4, 0.5) is 13.6 Å². The minimum absolute atomic E-state index is 0.0808. The van der Waals surface area contributed by atoms with Gasteiger partial charge in [-0.1, -0.05) is 55.3 Å². The number of carbonyl (C=O) groups is 1. The van der Waals surface area contributed by atoms with Crippen LogP contribution in [0.5, 0.6) is 0 Å². The van der Waals surface area contributed by atoms with Crippen LogP contribution in [0.3, 0.4) is 0 Å². The molecule has 0 aliphatic carbocycles. The van der Waals surface area contributed by atoms with Crippen molar-refractivity contribution >= 4 is 6.09 Å². The van der Waals surface area contributed by atoms with Gasteiger partial charge in [-0.3, -0.25) is 4.90 Å². The molecule has 0 spiro atoms. The second-order valence-electron chi connectivity index (χ2n) is 7.17. The lowest BCUT2D eigenvalue weighted by Crippen LogP contribution is -2.34. The zero-order valence-electron chi connectivity index (χ0n) is 16.5. The number of hydrogen-bond donors (Lipinski definition) is 2. The van der Waals surface area contributed by atoms with Gasteiger partial charge in [-0.2, -0.15) is 8.78 Å². The average molecular weight is 421 g/mol. The molecule has 0 saturated carbocycles. The summed E-state index contributed by atoms with van der Waals surface area (Å²) in [5.41, 5.74) is -0.265. The first-order valence-corrected chi connectivity index (χ1v) is 9.94. The maximum atomic E-state index is 14.4. The maximum absolute atomic E-state index is 14.4. The molecule has 30 heavy (non-hydrogen) atoms. The first-order valence-electron chi connectivity index (χ1n) is 9.94. The summed E-state index contributed by atoms with van der Waals surface area (Å²) in [4.78, 5) is 13.5. The minimum Gasteiger partial charge on any atom is -0.447 e. The van der Waals surface area contributed by atoms with E-state index in [0.29, 0.717) is 6.54 Å². The average Bonchev–Trinajstić information content (AvgIpc) is 3.39. The molecular formula is C20H25F2N5O3. The number of nitrogens with zero attached hydrogens (tertiary/aromatic N) is 4. The van der Waals surface area contributed by atoms with E-state index in [2.05, 4.69) is 20.6 Å². The number of aliphatic hydroxyl groups is 1. The number of benzene rings is 1. The highest BCUT2D eigenvalue weighted by Crippen LogP contribution is 2.32. The number of halogens is 2. The van der Waals surface area contributed by atoms with E-state index in [1.165, 1.54) is 35.2 Å². The lowest BCUT2D eigenvalue weighted by atomic mass is 10.0. The maximum Gasteiger partial charge on any atom is 0.410 e. The smallest absolute Gasteiger partial charge is 0.410 e. The summed E-state index contributed by atoms with van der Waals surface area (Å²) >= 11 is 0. The monoisotopic (exact) mass is 421 g/mol. The molecule has 1 aromatic heterocycles. The second-order valence-corrected chi connectivity index (χ2v) is 7.17. The molecule has 1 aliphatic heterocycles. The fourth-order valence-corrected chi connectivity index (χ4v) is 3.28. The molecule has 2 heterocycles. The van der Waals surface area contributed by atoms with Crippen LogP contribution >= 0.6 is 0 Å². The molecule has 1 aromatic carbocycles. The van der Waals surface area contributed by atoms with E-state index in [0.717, 1.165) is 44.0 Å². The summed E-state index contributed by atoms with van der Waals surface area (Å²) in [6.07, 6.45) is 4.29. The van der Waals surface area contributed by atoms with E-state index >= 15 is 0 Å². The summed E-state index contributed by atoms with van der Waals surface area (Å²) in [7, 11) is 0. The number of alkyl halides is 2. The SMILES string of the molecule is O=C1OC[C@H](C=C[C@@H](O)C(F)(F)c2ccccc2)N1CCCCCCc1nnn[nH]1. The Morgan fingerprint density at radius 2 is 2.03 bits per heavy atom. The Bertz CT molecular complexity index is 817. The number of unbranched alkanes of at least 4 members (excludes halogenated alkanes) is 3. The molecule has 10 heteroatoms. The summed E-state index contributed by atoms with van der Waals surface area (Å²) in [6, 6.07) is 6.68. The number of aliphatic hydroxyl groups excluding tert-OH is 1. The van der Waals surface area contributed by atoms with Crippen LogP contribution in [-0.2, 0) is 17.1 Å². The number of aromatic amines is 1. The highest BCUT2D eigenvalue weighted by Gasteiger charge is 2.39. The normalized spacial score (nSPS) is 18.2. The molecule has 1 fully saturated rings. The Kier molecular flexibility index (Phi) is 7.45. The zero-order chi connectivity index (χ0) is 21.4. The van der Waals surface area contributed by atoms with Crippen molar-refractivity contribution in [3.63, 3.8) is 0 Å². The molecule has 1 saturated heterocycles. The molecule has 0 bridgehead atoms. The quantitative estimate of drug-likeness (QED) is 0.427. The van der Waals surface area contributed by atoms with Crippen LogP contribution in [0.15, 0.2) is 42.5 Å². The van der Waals surface area contributed by atoms with Gasteiger partial charge in [-0.05, 0) is 23.3 Å².